The molecule has 2 aromatic carbocycles. The Kier molecular flexibility index (Phi) is 6.48. The van der Waals surface area contributed by atoms with E-state index in [1.807, 2.05) is 53.4 Å². The third-order valence-corrected chi connectivity index (χ3v) is 5.80. The molecule has 7 nitrogen and oxygen atoms in total. The molecule has 0 bridgehead atoms. The number of anilines is 1. The standard InChI is InChI=1S/C24H26N4O3/c25-17-19-5-7-20(8-6-19)18-26-11-13-27(14-12-26)23(29)9-10-24(30)28-15-16-31-22-4-2-1-3-21(22)28/h1-8H,9-16,18H2. The van der Waals surface area contributed by atoms with Crippen LogP contribution < -0.4 is 9.64 Å². The third kappa shape index (κ3) is 5.04. The number of para-hydroxylation sites is 2. The van der Waals surface area contributed by atoms with E-state index in [0.717, 1.165) is 30.9 Å². The Labute approximate surface area is 182 Å². The van der Waals surface area contributed by atoms with Crippen LogP contribution in [-0.4, -0.2) is 60.9 Å². The first-order valence-corrected chi connectivity index (χ1v) is 10.7. The molecule has 0 aliphatic carbocycles. The van der Waals surface area contributed by atoms with Crippen molar-refractivity contribution in [1.29, 1.82) is 5.26 Å². The molecular weight excluding hydrogens is 392 g/mol. The SMILES string of the molecule is N#Cc1ccc(CN2CCN(C(=O)CCC(=O)N3CCOc4ccccc43)CC2)cc1. The molecule has 1 fully saturated rings. The van der Waals surface area contributed by atoms with Gasteiger partial charge in [0.05, 0.1) is 23.9 Å². The predicted molar refractivity (Wildman–Crippen MR) is 117 cm³/mol. The Morgan fingerprint density at radius 2 is 1.61 bits per heavy atom. The number of nitriles is 1. The number of benzene rings is 2. The van der Waals surface area contributed by atoms with Crippen LogP contribution in [-0.2, 0) is 16.1 Å². The quantitative estimate of drug-likeness (QED) is 0.745. The molecule has 2 aliphatic rings. The van der Waals surface area contributed by atoms with Crippen LogP contribution in [0.3, 0.4) is 0 Å². The molecule has 1 saturated heterocycles. The lowest BCUT2D eigenvalue weighted by Crippen LogP contribution is -2.48. The Balaban J connectivity index is 1.23. The summed E-state index contributed by atoms with van der Waals surface area (Å²) in [6, 6.07) is 17.3. The summed E-state index contributed by atoms with van der Waals surface area (Å²) in [7, 11) is 0. The van der Waals surface area contributed by atoms with Crippen LogP contribution in [0.5, 0.6) is 5.75 Å². The molecular formula is C24H26N4O3. The highest BCUT2D eigenvalue weighted by molar-refractivity contribution is 5.97. The Bertz CT molecular complexity index is 975. The van der Waals surface area contributed by atoms with Crippen molar-refractivity contribution >= 4 is 17.5 Å². The fourth-order valence-corrected chi connectivity index (χ4v) is 4.03. The molecule has 7 heteroatoms. The third-order valence-electron chi connectivity index (χ3n) is 5.80. The number of nitrogens with zero attached hydrogens (tertiary/aromatic N) is 4. The van der Waals surface area contributed by atoms with Gasteiger partial charge in [-0.1, -0.05) is 24.3 Å². The summed E-state index contributed by atoms with van der Waals surface area (Å²) in [5.74, 6) is 0.711. The van der Waals surface area contributed by atoms with E-state index in [9.17, 15) is 9.59 Å². The van der Waals surface area contributed by atoms with Gasteiger partial charge in [-0.3, -0.25) is 14.5 Å². The second kappa shape index (κ2) is 9.63. The fraction of sp³-hybridized carbons (Fsp3) is 0.375. The molecule has 0 radical (unpaired) electrons. The summed E-state index contributed by atoms with van der Waals surface area (Å²) in [5, 5.41) is 8.90. The van der Waals surface area contributed by atoms with Gasteiger partial charge in [0.2, 0.25) is 11.8 Å². The highest BCUT2D eigenvalue weighted by atomic mass is 16.5. The average Bonchev–Trinajstić information content (AvgIpc) is 2.83. The van der Waals surface area contributed by atoms with Gasteiger partial charge < -0.3 is 14.5 Å². The Morgan fingerprint density at radius 3 is 2.35 bits per heavy atom. The fourth-order valence-electron chi connectivity index (χ4n) is 4.03. The Hall–Kier alpha value is -3.37. The first-order chi connectivity index (χ1) is 15.1. The first kappa shape index (κ1) is 20.9. The molecule has 160 valence electrons. The summed E-state index contributed by atoms with van der Waals surface area (Å²) in [5.41, 5.74) is 2.60. The van der Waals surface area contributed by atoms with Crippen molar-refractivity contribution < 1.29 is 14.3 Å². The largest absolute Gasteiger partial charge is 0.490 e. The van der Waals surface area contributed by atoms with Gasteiger partial charge >= 0.3 is 0 Å². The van der Waals surface area contributed by atoms with Gasteiger partial charge in [0, 0.05) is 45.6 Å². The van der Waals surface area contributed by atoms with Crippen LogP contribution in [0.1, 0.15) is 24.0 Å². The zero-order valence-electron chi connectivity index (χ0n) is 17.5. The number of rotatable bonds is 5. The zero-order chi connectivity index (χ0) is 21.6. The average molecular weight is 418 g/mol. The lowest BCUT2D eigenvalue weighted by molar-refractivity contribution is -0.134. The molecule has 0 atom stereocenters. The summed E-state index contributed by atoms with van der Waals surface area (Å²) in [4.78, 5) is 31.3. The van der Waals surface area contributed by atoms with E-state index in [-0.39, 0.29) is 24.7 Å². The van der Waals surface area contributed by atoms with Gasteiger partial charge in [-0.2, -0.15) is 5.26 Å². The maximum atomic E-state index is 12.7. The lowest BCUT2D eigenvalue weighted by Gasteiger charge is -2.35. The second-order valence-corrected chi connectivity index (χ2v) is 7.83. The van der Waals surface area contributed by atoms with E-state index in [4.69, 9.17) is 10.00 Å². The lowest BCUT2D eigenvalue weighted by atomic mass is 10.1. The molecule has 0 unspecified atom stereocenters. The number of hydrogen-bond acceptors (Lipinski definition) is 5. The first-order valence-electron chi connectivity index (χ1n) is 10.7. The van der Waals surface area contributed by atoms with Crippen molar-refractivity contribution in [2.45, 2.75) is 19.4 Å². The van der Waals surface area contributed by atoms with Gasteiger partial charge in [-0.15, -0.1) is 0 Å². The van der Waals surface area contributed by atoms with Gasteiger partial charge in [0.1, 0.15) is 12.4 Å². The molecule has 2 aliphatic heterocycles. The van der Waals surface area contributed by atoms with E-state index in [1.165, 1.54) is 0 Å². The van der Waals surface area contributed by atoms with E-state index in [1.54, 1.807) is 4.90 Å². The van der Waals surface area contributed by atoms with Gasteiger partial charge in [-0.25, -0.2) is 0 Å². The van der Waals surface area contributed by atoms with Crippen LogP contribution in [0.4, 0.5) is 5.69 Å². The minimum absolute atomic E-state index is 0.0351. The van der Waals surface area contributed by atoms with E-state index in [2.05, 4.69) is 11.0 Å². The van der Waals surface area contributed by atoms with Crippen LogP contribution in [0.25, 0.3) is 0 Å². The van der Waals surface area contributed by atoms with Crippen molar-refractivity contribution in [3.05, 3.63) is 59.7 Å². The number of carbonyl (C=O) groups excluding carboxylic acids is 2. The second-order valence-electron chi connectivity index (χ2n) is 7.83. The summed E-state index contributed by atoms with van der Waals surface area (Å²) < 4.78 is 5.60. The van der Waals surface area contributed by atoms with E-state index >= 15 is 0 Å². The summed E-state index contributed by atoms with van der Waals surface area (Å²) >= 11 is 0. The van der Waals surface area contributed by atoms with E-state index < -0.39 is 0 Å². The monoisotopic (exact) mass is 418 g/mol. The molecule has 0 aromatic heterocycles. The molecule has 0 N–H and O–H groups in total. The minimum Gasteiger partial charge on any atom is -0.490 e. The van der Waals surface area contributed by atoms with Crippen molar-refractivity contribution in [3.8, 4) is 11.8 Å². The molecule has 2 heterocycles. The topological polar surface area (TPSA) is 76.9 Å². The van der Waals surface area contributed by atoms with Crippen LogP contribution in [0.15, 0.2) is 48.5 Å². The highest BCUT2D eigenvalue weighted by Gasteiger charge is 2.25. The van der Waals surface area contributed by atoms with Crippen molar-refractivity contribution in [2.75, 3.05) is 44.2 Å². The molecule has 2 aromatic rings. The normalized spacial score (nSPS) is 16.2. The Morgan fingerprint density at radius 1 is 0.903 bits per heavy atom. The van der Waals surface area contributed by atoms with Gasteiger partial charge in [0.25, 0.3) is 0 Å². The van der Waals surface area contributed by atoms with Gasteiger partial charge in [0.15, 0.2) is 0 Å². The van der Waals surface area contributed by atoms with Crippen LogP contribution in [0, 0.1) is 11.3 Å². The summed E-state index contributed by atoms with van der Waals surface area (Å²) in [6.07, 6.45) is 0.437. The van der Waals surface area contributed by atoms with Crippen molar-refractivity contribution in [1.82, 2.24) is 9.80 Å². The molecule has 0 saturated carbocycles. The number of piperazine rings is 1. The summed E-state index contributed by atoms with van der Waals surface area (Å²) in [6.45, 7) is 4.74. The number of carbonyl (C=O) groups is 2. The molecule has 31 heavy (non-hydrogen) atoms. The molecule has 2 amide bonds. The van der Waals surface area contributed by atoms with Crippen LogP contribution >= 0.6 is 0 Å². The number of ether oxygens (including phenoxy) is 1. The molecule has 0 spiro atoms. The smallest absolute Gasteiger partial charge is 0.227 e. The zero-order valence-corrected chi connectivity index (χ0v) is 17.5. The number of fused-ring (bicyclic) bond motifs is 1. The van der Waals surface area contributed by atoms with Crippen LogP contribution in [0.2, 0.25) is 0 Å². The number of hydrogen-bond donors (Lipinski definition) is 0. The van der Waals surface area contributed by atoms with Crippen molar-refractivity contribution in [3.63, 3.8) is 0 Å². The molecule has 4 rings (SSSR count). The number of amides is 2. The maximum Gasteiger partial charge on any atom is 0.227 e. The van der Waals surface area contributed by atoms with Gasteiger partial charge in [-0.05, 0) is 29.8 Å². The predicted octanol–water partition coefficient (Wildman–Crippen LogP) is 2.41. The van der Waals surface area contributed by atoms with Crippen molar-refractivity contribution in [2.24, 2.45) is 0 Å². The minimum atomic E-state index is -0.0384. The highest BCUT2D eigenvalue weighted by Crippen LogP contribution is 2.31. The van der Waals surface area contributed by atoms with E-state index in [0.29, 0.717) is 37.6 Å². The maximum absolute atomic E-state index is 12.7.